The van der Waals surface area contributed by atoms with Crippen LogP contribution in [-0.4, -0.2) is 33.0 Å². The number of aryl methyl sites for hydroxylation is 1. The van der Waals surface area contributed by atoms with Gasteiger partial charge in [-0.25, -0.2) is 4.98 Å². The Kier molecular flexibility index (Phi) is 4.39. The number of pyridine rings is 1. The zero-order valence-electron chi connectivity index (χ0n) is 12.1. The van der Waals surface area contributed by atoms with Gasteiger partial charge in [0.1, 0.15) is 11.3 Å². The molecule has 2 heterocycles. The molecule has 0 aliphatic carbocycles. The Bertz CT molecular complexity index is 604. The first-order valence-corrected chi connectivity index (χ1v) is 6.89. The Morgan fingerprint density at radius 2 is 2.20 bits per heavy atom. The van der Waals surface area contributed by atoms with Crippen LogP contribution in [-0.2, 0) is 0 Å². The summed E-state index contributed by atoms with van der Waals surface area (Å²) in [6, 6.07) is 3.84. The molecule has 0 bridgehead atoms. The van der Waals surface area contributed by atoms with Crippen LogP contribution in [0.3, 0.4) is 0 Å². The molecule has 0 spiro atoms. The van der Waals surface area contributed by atoms with E-state index in [4.69, 9.17) is 0 Å². The molecule has 0 saturated carbocycles. The number of aromatic nitrogens is 2. The number of hydrogen-bond donors (Lipinski definition) is 2. The number of fused-ring (bicyclic) bond motifs is 1. The third-order valence-electron chi connectivity index (χ3n) is 3.38. The van der Waals surface area contributed by atoms with E-state index in [1.165, 1.54) is 0 Å². The van der Waals surface area contributed by atoms with Crippen LogP contribution in [0.25, 0.3) is 5.65 Å². The molecule has 20 heavy (non-hydrogen) atoms. The summed E-state index contributed by atoms with van der Waals surface area (Å²) < 4.78 is 1.78. The number of carbonyl (C=O) groups is 1. The van der Waals surface area contributed by atoms with Gasteiger partial charge in [-0.1, -0.05) is 19.9 Å². The number of nitrogens with zero attached hydrogens (tertiary/aromatic N) is 2. The van der Waals surface area contributed by atoms with Crippen molar-refractivity contribution in [3.05, 3.63) is 35.8 Å². The van der Waals surface area contributed by atoms with E-state index >= 15 is 0 Å². The average Bonchev–Trinajstić information content (AvgIpc) is 2.81. The highest BCUT2D eigenvalue weighted by Gasteiger charge is 2.13. The van der Waals surface area contributed by atoms with E-state index in [1.807, 2.05) is 39.1 Å². The van der Waals surface area contributed by atoms with Crippen molar-refractivity contribution in [3.8, 4) is 0 Å². The van der Waals surface area contributed by atoms with Crippen molar-refractivity contribution < 1.29 is 9.90 Å². The summed E-state index contributed by atoms with van der Waals surface area (Å²) in [6.07, 6.45) is 3.63. The molecule has 0 aliphatic rings. The molecule has 1 atom stereocenters. The van der Waals surface area contributed by atoms with Gasteiger partial charge in [-0.3, -0.25) is 9.20 Å². The maximum atomic E-state index is 12.1. The molecule has 2 N–H and O–H groups in total. The first-order chi connectivity index (χ1) is 9.49. The van der Waals surface area contributed by atoms with E-state index in [0.717, 1.165) is 11.2 Å². The summed E-state index contributed by atoms with van der Waals surface area (Å²) in [4.78, 5) is 16.3. The minimum absolute atomic E-state index is 0.168. The Hall–Kier alpha value is -1.88. The van der Waals surface area contributed by atoms with E-state index in [2.05, 4.69) is 10.3 Å². The fourth-order valence-electron chi connectivity index (χ4n) is 2.01. The number of carbonyl (C=O) groups excluding carboxylic acids is 1. The van der Waals surface area contributed by atoms with Gasteiger partial charge in [0.05, 0.1) is 12.3 Å². The van der Waals surface area contributed by atoms with Gasteiger partial charge in [0.25, 0.3) is 5.91 Å². The number of imidazole rings is 1. The number of nitrogens with one attached hydrogen (secondary N) is 1. The Labute approximate surface area is 118 Å². The maximum absolute atomic E-state index is 12.1. The topological polar surface area (TPSA) is 66.6 Å². The van der Waals surface area contributed by atoms with E-state index in [1.54, 1.807) is 10.6 Å². The van der Waals surface area contributed by atoms with Gasteiger partial charge in [-0.05, 0) is 30.9 Å². The third kappa shape index (κ3) is 3.17. The maximum Gasteiger partial charge on any atom is 0.269 e. The van der Waals surface area contributed by atoms with Crippen LogP contribution in [0.4, 0.5) is 0 Å². The van der Waals surface area contributed by atoms with Gasteiger partial charge in [0.15, 0.2) is 0 Å². The van der Waals surface area contributed by atoms with Crippen LogP contribution in [0.1, 0.15) is 36.3 Å². The summed E-state index contributed by atoms with van der Waals surface area (Å²) >= 11 is 0. The Morgan fingerprint density at radius 3 is 2.90 bits per heavy atom. The standard InChI is InChI=1S/C15H21N3O2/c1-10(2)13(19)6-7-16-15(20)12-8-17-14-5-4-11(3)9-18(12)14/h4-5,8-10,13,19H,6-7H2,1-3H3,(H,16,20). The van der Waals surface area contributed by atoms with Crippen molar-refractivity contribution in [2.45, 2.75) is 33.3 Å². The van der Waals surface area contributed by atoms with Crippen LogP contribution in [0.2, 0.25) is 0 Å². The Balaban J connectivity index is 2.03. The summed E-state index contributed by atoms with van der Waals surface area (Å²) in [5.74, 6) is 0.0319. The highest BCUT2D eigenvalue weighted by molar-refractivity contribution is 5.93. The molecule has 0 saturated heterocycles. The van der Waals surface area contributed by atoms with Crippen LogP contribution >= 0.6 is 0 Å². The van der Waals surface area contributed by atoms with Crippen molar-refractivity contribution in [1.29, 1.82) is 0 Å². The van der Waals surface area contributed by atoms with Gasteiger partial charge in [0, 0.05) is 12.7 Å². The lowest BCUT2D eigenvalue weighted by atomic mass is 10.0. The van der Waals surface area contributed by atoms with E-state index in [-0.39, 0.29) is 17.9 Å². The van der Waals surface area contributed by atoms with Gasteiger partial charge in [-0.2, -0.15) is 0 Å². The van der Waals surface area contributed by atoms with Crippen molar-refractivity contribution >= 4 is 11.6 Å². The van der Waals surface area contributed by atoms with Gasteiger partial charge >= 0.3 is 0 Å². The molecule has 5 nitrogen and oxygen atoms in total. The number of amides is 1. The summed E-state index contributed by atoms with van der Waals surface area (Å²) in [5, 5.41) is 12.5. The highest BCUT2D eigenvalue weighted by atomic mass is 16.3. The van der Waals surface area contributed by atoms with Gasteiger partial charge < -0.3 is 10.4 Å². The summed E-state index contributed by atoms with van der Waals surface area (Å²) in [5.41, 5.74) is 2.34. The van der Waals surface area contributed by atoms with Crippen molar-refractivity contribution in [3.63, 3.8) is 0 Å². The van der Waals surface area contributed by atoms with Crippen LogP contribution in [0.5, 0.6) is 0 Å². The zero-order valence-corrected chi connectivity index (χ0v) is 12.1. The van der Waals surface area contributed by atoms with Crippen LogP contribution < -0.4 is 5.32 Å². The molecule has 2 rings (SSSR count). The van der Waals surface area contributed by atoms with Crippen LogP contribution in [0.15, 0.2) is 24.5 Å². The van der Waals surface area contributed by atoms with Crippen molar-refractivity contribution in [2.24, 2.45) is 5.92 Å². The second-order valence-electron chi connectivity index (χ2n) is 5.43. The van der Waals surface area contributed by atoms with E-state index in [9.17, 15) is 9.90 Å². The molecule has 0 aromatic carbocycles. The molecule has 2 aromatic rings. The molecular weight excluding hydrogens is 254 g/mol. The quantitative estimate of drug-likeness (QED) is 0.874. The monoisotopic (exact) mass is 275 g/mol. The third-order valence-corrected chi connectivity index (χ3v) is 3.38. The molecule has 0 radical (unpaired) electrons. The lowest BCUT2D eigenvalue weighted by Crippen LogP contribution is -2.29. The largest absolute Gasteiger partial charge is 0.393 e. The normalized spacial score (nSPS) is 12.8. The molecule has 5 heteroatoms. The minimum Gasteiger partial charge on any atom is -0.393 e. The minimum atomic E-state index is -0.389. The van der Waals surface area contributed by atoms with Crippen molar-refractivity contribution in [2.75, 3.05) is 6.54 Å². The average molecular weight is 275 g/mol. The fourth-order valence-corrected chi connectivity index (χ4v) is 2.01. The smallest absolute Gasteiger partial charge is 0.269 e. The van der Waals surface area contributed by atoms with E-state index in [0.29, 0.717) is 18.7 Å². The predicted octanol–water partition coefficient (Wildman–Crippen LogP) is 1.78. The fraction of sp³-hybridized carbons (Fsp3) is 0.467. The molecule has 2 aromatic heterocycles. The first kappa shape index (κ1) is 14.5. The lowest BCUT2D eigenvalue weighted by molar-refractivity contribution is 0.0915. The van der Waals surface area contributed by atoms with Gasteiger partial charge in [-0.15, -0.1) is 0 Å². The second kappa shape index (κ2) is 6.05. The molecule has 0 aliphatic heterocycles. The highest BCUT2D eigenvalue weighted by Crippen LogP contribution is 2.09. The van der Waals surface area contributed by atoms with Crippen molar-refractivity contribution in [1.82, 2.24) is 14.7 Å². The Morgan fingerprint density at radius 1 is 1.45 bits per heavy atom. The number of aliphatic hydroxyl groups excluding tert-OH is 1. The molecule has 0 fully saturated rings. The molecule has 108 valence electrons. The number of aliphatic hydroxyl groups is 1. The van der Waals surface area contributed by atoms with E-state index < -0.39 is 0 Å². The van der Waals surface area contributed by atoms with Gasteiger partial charge in [0.2, 0.25) is 0 Å². The van der Waals surface area contributed by atoms with Crippen LogP contribution in [0, 0.1) is 12.8 Å². The first-order valence-electron chi connectivity index (χ1n) is 6.89. The molecule has 1 unspecified atom stereocenters. The number of rotatable bonds is 5. The summed E-state index contributed by atoms with van der Waals surface area (Å²) in [6.45, 7) is 6.34. The molecule has 1 amide bonds. The second-order valence-corrected chi connectivity index (χ2v) is 5.43. The predicted molar refractivity (Wildman–Crippen MR) is 77.7 cm³/mol. The SMILES string of the molecule is Cc1ccc2ncc(C(=O)NCCC(O)C(C)C)n2c1. The lowest BCUT2D eigenvalue weighted by Gasteiger charge is -2.14. The molecular formula is C15H21N3O2. The zero-order chi connectivity index (χ0) is 14.7. The number of hydrogen-bond acceptors (Lipinski definition) is 3. The summed E-state index contributed by atoms with van der Waals surface area (Å²) in [7, 11) is 0.